The number of ether oxygens (including phenoxy) is 2. The van der Waals surface area contributed by atoms with Gasteiger partial charge in [0.25, 0.3) is 0 Å². The summed E-state index contributed by atoms with van der Waals surface area (Å²) < 4.78 is 11.4. The van der Waals surface area contributed by atoms with E-state index in [-0.39, 0.29) is 13.2 Å². The van der Waals surface area contributed by atoms with Crippen molar-refractivity contribution in [3.63, 3.8) is 0 Å². The first-order chi connectivity index (χ1) is 9.15. The summed E-state index contributed by atoms with van der Waals surface area (Å²) in [5.41, 5.74) is 6.19. The zero-order chi connectivity index (χ0) is 13.7. The summed E-state index contributed by atoms with van der Waals surface area (Å²) >= 11 is 4.87. The molecule has 0 amide bonds. The molecule has 0 aliphatic rings. The standard InChI is InChI=1S/C13H12BrNO3S/c14-12-6-5-9(19-12)7-18-13(16)8-17-11-4-2-1-3-10(11)15/h1-6H,7-8,15H2. The summed E-state index contributed by atoms with van der Waals surface area (Å²) in [4.78, 5) is 12.5. The van der Waals surface area contributed by atoms with Crippen molar-refractivity contribution >= 4 is 38.9 Å². The summed E-state index contributed by atoms with van der Waals surface area (Å²) in [6.45, 7) is 0.101. The van der Waals surface area contributed by atoms with Crippen molar-refractivity contribution in [1.82, 2.24) is 0 Å². The smallest absolute Gasteiger partial charge is 0.344 e. The second-order valence-electron chi connectivity index (χ2n) is 3.69. The predicted molar refractivity (Wildman–Crippen MR) is 78.2 cm³/mol. The van der Waals surface area contributed by atoms with Gasteiger partial charge in [0.05, 0.1) is 9.47 Å². The maximum absolute atomic E-state index is 11.5. The van der Waals surface area contributed by atoms with Crippen molar-refractivity contribution in [3.05, 3.63) is 45.1 Å². The molecule has 0 bridgehead atoms. The van der Waals surface area contributed by atoms with Gasteiger partial charge in [-0.2, -0.15) is 0 Å². The summed E-state index contributed by atoms with van der Waals surface area (Å²) in [5, 5.41) is 0. The maximum atomic E-state index is 11.5. The molecule has 4 nitrogen and oxygen atoms in total. The summed E-state index contributed by atoms with van der Waals surface area (Å²) in [5.74, 6) is 0.0612. The minimum Gasteiger partial charge on any atom is -0.480 e. The third kappa shape index (κ3) is 4.25. The van der Waals surface area contributed by atoms with Crippen molar-refractivity contribution in [1.29, 1.82) is 0 Å². The first-order valence-corrected chi connectivity index (χ1v) is 7.13. The topological polar surface area (TPSA) is 61.5 Å². The Morgan fingerprint density at radius 3 is 2.74 bits per heavy atom. The van der Waals surface area contributed by atoms with Gasteiger partial charge in [-0.25, -0.2) is 4.79 Å². The zero-order valence-electron chi connectivity index (χ0n) is 9.97. The molecule has 0 aliphatic heterocycles. The van der Waals surface area contributed by atoms with Gasteiger partial charge in [0.2, 0.25) is 0 Å². The second kappa shape index (κ2) is 6.58. The summed E-state index contributed by atoms with van der Waals surface area (Å²) in [6.07, 6.45) is 0. The molecule has 0 saturated heterocycles. The number of thiophene rings is 1. The number of hydrogen-bond acceptors (Lipinski definition) is 5. The molecule has 0 spiro atoms. The van der Waals surface area contributed by atoms with Gasteiger partial charge in [-0.15, -0.1) is 11.3 Å². The number of esters is 1. The van der Waals surface area contributed by atoms with Gasteiger partial charge in [-0.05, 0) is 40.2 Å². The van der Waals surface area contributed by atoms with Gasteiger partial charge in [-0.3, -0.25) is 0 Å². The van der Waals surface area contributed by atoms with Crippen molar-refractivity contribution in [2.24, 2.45) is 0 Å². The van der Waals surface area contributed by atoms with Crippen LogP contribution in [0.5, 0.6) is 5.75 Å². The average molecular weight is 342 g/mol. The molecule has 0 fully saturated rings. The molecular weight excluding hydrogens is 330 g/mol. The Bertz CT molecular complexity index is 571. The first kappa shape index (κ1) is 13.9. The number of benzene rings is 1. The van der Waals surface area contributed by atoms with E-state index in [1.165, 1.54) is 11.3 Å². The number of carbonyl (C=O) groups excluding carboxylic acids is 1. The van der Waals surface area contributed by atoms with Crippen LogP contribution in [0, 0.1) is 0 Å². The van der Waals surface area contributed by atoms with E-state index in [0.29, 0.717) is 11.4 Å². The van der Waals surface area contributed by atoms with E-state index in [9.17, 15) is 4.79 Å². The van der Waals surface area contributed by atoms with E-state index in [1.807, 2.05) is 12.1 Å². The zero-order valence-corrected chi connectivity index (χ0v) is 12.4. The normalized spacial score (nSPS) is 10.2. The fourth-order valence-corrected chi connectivity index (χ4v) is 2.77. The van der Waals surface area contributed by atoms with Crippen LogP contribution in [0.15, 0.2) is 40.2 Å². The van der Waals surface area contributed by atoms with E-state index in [1.54, 1.807) is 24.3 Å². The molecule has 0 aliphatic carbocycles. The molecule has 0 unspecified atom stereocenters. The first-order valence-electron chi connectivity index (χ1n) is 5.52. The van der Waals surface area contributed by atoms with E-state index in [0.717, 1.165) is 8.66 Å². The number of halogens is 1. The van der Waals surface area contributed by atoms with Crippen molar-refractivity contribution in [2.45, 2.75) is 6.61 Å². The van der Waals surface area contributed by atoms with Crippen molar-refractivity contribution in [3.8, 4) is 5.75 Å². The number of carbonyl (C=O) groups is 1. The highest BCUT2D eigenvalue weighted by molar-refractivity contribution is 9.11. The minimum absolute atomic E-state index is 0.152. The number of para-hydroxylation sites is 2. The third-order valence-electron chi connectivity index (χ3n) is 2.27. The SMILES string of the molecule is Nc1ccccc1OCC(=O)OCc1ccc(Br)s1. The Balaban J connectivity index is 1.77. The Hall–Kier alpha value is -1.53. The van der Waals surface area contributed by atoms with Gasteiger partial charge in [0.1, 0.15) is 12.4 Å². The fourth-order valence-electron chi connectivity index (χ4n) is 1.37. The van der Waals surface area contributed by atoms with Gasteiger partial charge in [0.15, 0.2) is 6.61 Å². The summed E-state index contributed by atoms with van der Waals surface area (Å²) in [7, 11) is 0. The van der Waals surface area contributed by atoms with Gasteiger partial charge in [0, 0.05) is 4.88 Å². The van der Waals surface area contributed by atoms with Crippen LogP contribution in [0.3, 0.4) is 0 Å². The number of anilines is 1. The molecule has 0 saturated carbocycles. The number of nitrogen functional groups attached to an aromatic ring is 1. The molecule has 19 heavy (non-hydrogen) atoms. The highest BCUT2D eigenvalue weighted by Crippen LogP contribution is 2.23. The molecule has 2 aromatic rings. The lowest BCUT2D eigenvalue weighted by Gasteiger charge is -2.08. The Kier molecular flexibility index (Phi) is 4.81. The van der Waals surface area contributed by atoms with Crippen LogP contribution in [-0.4, -0.2) is 12.6 Å². The van der Waals surface area contributed by atoms with Gasteiger partial charge in [-0.1, -0.05) is 12.1 Å². The lowest BCUT2D eigenvalue weighted by molar-refractivity contribution is -0.147. The van der Waals surface area contributed by atoms with Crippen LogP contribution in [0.2, 0.25) is 0 Å². The molecule has 2 N–H and O–H groups in total. The third-order valence-corrected chi connectivity index (χ3v) is 3.87. The quantitative estimate of drug-likeness (QED) is 0.670. The van der Waals surface area contributed by atoms with E-state index >= 15 is 0 Å². The van der Waals surface area contributed by atoms with Crippen LogP contribution < -0.4 is 10.5 Å². The Morgan fingerprint density at radius 1 is 1.26 bits per heavy atom. The summed E-state index contributed by atoms with van der Waals surface area (Å²) in [6, 6.07) is 10.8. The highest BCUT2D eigenvalue weighted by Gasteiger charge is 2.07. The molecule has 2 rings (SSSR count). The molecule has 0 atom stereocenters. The number of rotatable bonds is 5. The van der Waals surface area contributed by atoms with E-state index in [4.69, 9.17) is 15.2 Å². The monoisotopic (exact) mass is 341 g/mol. The van der Waals surface area contributed by atoms with E-state index in [2.05, 4.69) is 15.9 Å². The van der Waals surface area contributed by atoms with Crippen LogP contribution in [-0.2, 0) is 16.1 Å². The molecular formula is C13H12BrNO3S. The van der Waals surface area contributed by atoms with Crippen LogP contribution >= 0.6 is 27.3 Å². The molecule has 1 aromatic carbocycles. The van der Waals surface area contributed by atoms with Gasteiger partial charge < -0.3 is 15.2 Å². The Labute approximate surface area is 123 Å². The van der Waals surface area contributed by atoms with Crippen LogP contribution in [0.25, 0.3) is 0 Å². The fraction of sp³-hybridized carbons (Fsp3) is 0.154. The molecule has 100 valence electrons. The predicted octanol–water partition coefficient (Wildman–Crippen LogP) is 3.22. The minimum atomic E-state index is -0.423. The van der Waals surface area contributed by atoms with Gasteiger partial charge >= 0.3 is 5.97 Å². The lowest BCUT2D eigenvalue weighted by atomic mass is 10.3. The number of nitrogens with two attached hydrogens (primary N) is 1. The molecule has 6 heteroatoms. The average Bonchev–Trinajstić information content (AvgIpc) is 2.81. The molecule has 1 aromatic heterocycles. The lowest BCUT2D eigenvalue weighted by Crippen LogP contribution is -2.15. The van der Waals surface area contributed by atoms with Crippen molar-refractivity contribution in [2.75, 3.05) is 12.3 Å². The molecule has 0 radical (unpaired) electrons. The van der Waals surface area contributed by atoms with E-state index < -0.39 is 5.97 Å². The van der Waals surface area contributed by atoms with Crippen molar-refractivity contribution < 1.29 is 14.3 Å². The molecule has 1 heterocycles. The van der Waals surface area contributed by atoms with Crippen LogP contribution in [0.1, 0.15) is 4.88 Å². The highest BCUT2D eigenvalue weighted by atomic mass is 79.9. The Morgan fingerprint density at radius 2 is 2.05 bits per heavy atom. The number of hydrogen-bond donors (Lipinski definition) is 1. The van der Waals surface area contributed by atoms with Crippen LogP contribution in [0.4, 0.5) is 5.69 Å². The maximum Gasteiger partial charge on any atom is 0.344 e. The second-order valence-corrected chi connectivity index (χ2v) is 6.24. The largest absolute Gasteiger partial charge is 0.480 e.